The van der Waals surface area contributed by atoms with Crippen LogP contribution in [0.25, 0.3) is 21.5 Å². The molecule has 4 N–H and O–H groups in total. The Morgan fingerprint density at radius 1 is 0.900 bits per heavy atom. The molecule has 0 bridgehead atoms. The molecule has 1 unspecified atom stereocenters. The quantitative estimate of drug-likeness (QED) is 0.474. The summed E-state index contributed by atoms with van der Waals surface area (Å²) in [7, 11) is 5.03. The van der Waals surface area contributed by atoms with E-state index in [-0.39, 0.29) is 19.8 Å². The van der Waals surface area contributed by atoms with E-state index in [1.165, 1.54) is 7.11 Å². The Bertz CT molecular complexity index is 1130. The molecule has 0 amide bonds. The van der Waals surface area contributed by atoms with Gasteiger partial charge in [0, 0.05) is 24.2 Å². The monoisotopic (exact) mass is 413 g/mol. The van der Waals surface area contributed by atoms with E-state index in [2.05, 4.69) is 4.90 Å². The van der Waals surface area contributed by atoms with E-state index in [4.69, 9.17) is 9.47 Å². The van der Waals surface area contributed by atoms with Gasteiger partial charge in [0.2, 0.25) is 0 Å². The number of hydrogen-bond donors (Lipinski definition) is 4. The van der Waals surface area contributed by atoms with Crippen molar-refractivity contribution in [3.63, 3.8) is 0 Å². The van der Waals surface area contributed by atoms with Gasteiger partial charge in [-0.15, -0.1) is 0 Å². The molecule has 0 spiro atoms. The fraction of sp³-hybridized carbons (Fsp3) is 0.391. The summed E-state index contributed by atoms with van der Waals surface area (Å²) in [6, 6.07) is 5.58. The van der Waals surface area contributed by atoms with E-state index in [1.807, 2.05) is 25.2 Å². The Balaban J connectivity index is 2.29. The lowest BCUT2D eigenvalue weighted by atomic mass is 9.83. The van der Waals surface area contributed by atoms with E-state index in [0.29, 0.717) is 41.3 Å². The molecule has 1 atom stereocenters. The minimum atomic E-state index is -0.717. The minimum absolute atomic E-state index is 0.197. The third kappa shape index (κ3) is 3.02. The highest BCUT2D eigenvalue weighted by Crippen LogP contribution is 2.45. The molecule has 0 radical (unpaired) electrons. The van der Waals surface area contributed by atoms with Crippen molar-refractivity contribution in [3.8, 4) is 11.5 Å². The largest absolute Gasteiger partial charge is 0.496 e. The zero-order valence-corrected chi connectivity index (χ0v) is 17.4. The molecule has 1 heterocycles. The lowest BCUT2D eigenvalue weighted by Crippen LogP contribution is -2.30. The second kappa shape index (κ2) is 8.02. The van der Waals surface area contributed by atoms with Crippen molar-refractivity contribution in [3.05, 3.63) is 46.0 Å². The highest BCUT2D eigenvalue weighted by molar-refractivity contribution is 6.14. The third-order valence-electron chi connectivity index (χ3n) is 6.09. The fourth-order valence-electron chi connectivity index (χ4n) is 4.78. The van der Waals surface area contributed by atoms with Gasteiger partial charge >= 0.3 is 0 Å². The first kappa shape index (κ1) is 20.8. The van der Waals surface area contributed by atoms with E-state index >= 15 is 0 Å². The number of benzene rings is 3. The van der Waals surface area contributed by atoms with Crippen LogP contribution in [-0.2, 0) is 26.4 Å². The summed E-state index contributed by atoms with van der Waals surface area (Å²) in [6.45, 7) is 0.338. The van der Waals surface area contributed by atoms with Gasteiger partial charge in [-0.2, -0.15) is 0 Å². The first-order valence-electron chi connectivity index (χ1n) is 9.85. The van der Waals surface area contributed by atoms with Crippen LogP contribution in [0.15, 0.2) is 18.2 Å². The van der Waals surface area contributed by atoms with Gasteiger partial charge in [-0.05, 0) is 63.5 Å². The Hall–Kier alpha value is -2.42. The normalized spacial score (nSPS) is 16.8. The number of nitrogens with zero attached hydrogens (tertiary/aromatic N) is 1. The van der Waals surface area contributed by atoms with Crippen LogP contribution in [0.2, 0.25) is 0 Å². The zero-order valence-electron chi connectivity index (χ0n) is 17.4. The molecule has 30 heavy (non-hydrogen) atoms. The SMILES string of the molecule is COc1cc2c3c(c4cc(OC)c(CO)c(CO)c4c2cc1CO)C(O)CN(C)C3. The van der Waals surface area contributed by atoms with Crippen LogP contribution in [0.1, 0.15) is 33.9 Å². The number of rotatable bonds is 5. The number of hydrogen-bond acceptors (Lipinski definition) is 7. The van der Waals surface area contributed by atoms with Crippen LogP contribution >= 0.6 is 0 Å². The van der Waals surface area contributed by atoms with Gasteiger partial charge in [0.25, 0.3) is 0 Å². The Morgan fingerprint density at radius 3 is 2.17 bits per heavy atom. The Morgan fingerprint density at radius 2 is 1.57 bits per heavy atom. The van der Waals surface area contributed by atoms with Gasteiger partial charge in [-0.25, -0.2) is 0 Å². The van der Waals surface area contributed by atoms with Gasteiger partial charge in [0.1, 0.15) is 11.5 Å². The number of aliphatic hydroxyl groups excluding tert-OH is 4. The molecule has 3 aromatic carbocycles. The van der Waals surface area contributed by atoms with E-state index < -0.39 is 6.10 Å². The molecule has 4 rings (SSSR count). The van der Waals surface area contributed by atoms with Crippen molar-refractivity contribution >= 4 is 21.5 Å². The molecule has 7 nitrogen and oxygen atoms in total. The summed E-state index contributed by atoms with van der Waals surface area (Å²) in [5.41, 5.74) is 3.47. The van der Waals surface area contributed by atoms with Crippen LogP contribution in [0.5, 0.6) is 11.5 Å². The van der Waals surface area contributed by atoms with Gasteiger partial charge in [-0.1, -0.05) is 0 Å². The molecule has 7 heteroatoms. The number of β-amino-alcohol motifs (C(OH)–C–C–N with tert-alkyl or cyclic N) is 1. The van der Waals surface area contributed by atoms with Crippen molar-refractivity contribution in [1.82, 2.24) is 4.90 Å². The number of methoxy groups -OCH3 is 2. The molecule has 0 aromatic heterocycles. The van der Waals surface area contributed by atoms with Crippen molar-refractivity contribution in [2.75, 3.05) is 27.8 Å². The smallest absolute Gasteiger partial charge is 0.125 e. The maximum atomic E-state index is 11.0. The summed E-state index contributed by atoms with van der Waals surface area (Å²) in [4.78, 5) is 2.05. The van der Waals surface area contributed by atoms with Crippen LogP contribution in [0.4, 0.5) is 0 Å². The minimum Gasteiger partial charge on any atom is -0.496 e. The molecular weight excluding hydrogens is 386 g/mol. The van der Waals surface area contributed by atoms with Crippen molar-refractivity contribution in [2.45, 2.75) is 32.5 Å². The lowest BCUT2D eigenvalue weighted by molar-refractivity contribution is 0.110. The average Bonchev–Trinajstić information content (AvgIpc) is 2.76. The summed E-state index contributed by atoms with van der Waals surface area (Å²) in [6.07, 6.45) is -0.717. The van der Waals surface area contributed by atoms with Crippen LogP contribution < -0.4 is 9.47 Å². The molecule has 160 valence electrons. The maximum absolute atomic E-state index is 11.0. The highest BCUT2D eigenvalue weighted by Gasteiger charge is 2.29. The van der Waals surface area contributed by atoms with E-state index in [9.17, 15) is 20.4 Å². The van der Waals surface area contributed by atoms with E-state index in [1.54, 1.807) is 7.11 Å². The highest BCUT2D eigenvalue weighted by atomic mass is 16.5. The van der Waals surface area contributed by atoms with Crippen LogP contribution in [-0.4, -0.2) is 53.1 Å². The fourth-order valence-corrected chi connectivity index (χ4v) is 4.78. The first-order chi connectivity index (χ1) is 14.5. The molecule has 0 fully saturated rings. The van der Waals surface area contributed by atoms with Crippen molar-refractivity contribution < 1.29 is 29.9 Å². The molecule has 3 aromatic rings. The zero-order chi connectivity index (χ0) is 21.6. The lowest BCUT2D eigenvalue weighted by Gasteiger charge is -2.33. The maximum Gasteiger partial charge on any atom is 0.125 e. The summed E-state index contributed by atoms with van der Waals surface area (Å²) in [5.74, 6) is 1.04. The third-order valence-corrected chi connectivity index (χ3v) is 6.09. The van der Waals surface area contributed by atoms with Crippen LogP contribution in [0.3, 0.4) is 0 Å². The summed E-state index contributed by atoms with van der Waals surface area (Å²) < 4.78 is 11.0. The Kier molecular flexibility index (Phi) is 5.57. The molecule has 0 saturated carbocycles. The van der Waals surface area contributed by atoms with Gasteiger partial charge < -0.3 is 29.9 Å². The number of aliphatic hydroxyl groups is 4. The number of ether oxygens (including phenoxy) is 2. The van der Waals surface area contributed by atoms with Crippen molar-refractivity contribution in [1.29, 1.82) is 0 Å². The van der Waals surface area contributed by atoms with Gasteiger partial charge in [-0.3, -0.25) is 4.90 Å². The van der Waals surface area contributed by atoms with E-state index in [0.717, 1.165) is 32.7 Å². The predicted molar refractivity (Wildman–Crippen MR) is 114 cm³/mol. The molecular formula is C23H27NO6. The summed E-state index contributed by atoms with van der Waals surface area (Å²) >= 11 is 0. The summed E-state index contributed by atoms with van der Waals surface area (Å²) in [5, 5.41) is 44.4. The van der Waals surface area contributed by atoms with Gasteiger partial charge in [0.05, 0.1) is 40.1 Å². The number of fused-ring (bicyclic) bond motifs is 6. The standard InChI is InChI=1S/C23H27NO6/c1-24-7-16-13-5-20(29-2)12(9-25)4-14(13)22-15(23(16)19(28)8-24)6-21(30-3)17(10-26)18(22)11-27/h4-6,19,25-28H,7-11H2,1-3H3. The van der Waals surface area contributed by atoms with Crippen molar-refractivity contribution in [2.24, 2.45) is 0 Å². The molecule has 0 saturated heterocycles. The molecule has 1 aliphatic rings. The molecule has 0 aliphatic carbocycles. The second-order valence-corrected chi connectivity index (χ2v) is 7.75. The second-order valence-electron chi connectivity index (χ2n) is 7.75. The Labute approximate surface area is 174 Å². The average molecular weight is 413 g/mol. The van der Waals surface area contributed by atoms with Gasteiger partial charge in [0.15, 0.2) is 0 Å². The van der Waals surface area contributed by atoms with Crippen LogP contribution in [0, 0.1) is 0 Å². The number of likely N-dealkylation sites (N-methyl/N-ethyl adjacent to an activating group) is 1. The molecule has 1 aliphatic heterocycles. The first-order valence-corrected chi connectivity index (χ1v) is 9.85. The topological polar surface area (TPSA) is 103 Å². The predicted octanol–water partition coefficient (Wildman–Crippen LogP) is 1.97.